The lowest BCUT2D eigenvalue weighted by atomic mass is 9.99. The first kappa shape index (κ1) is 21.1. The van der Waals surface area contributed by atoms with Crippen LogP contribution in [0.5, 0.6) is 5.75 Å². The molecule has 0 radical (unpaired) electrons. The van der Waals surface area contributed by atoms with Gasteiger partial charge in [-0.15, -0.1) is 0 Å². The molecule has 28 heavy (non-hydrogen) atoms. The van der Waals surface area contributed by atoms with Crippen molar-refractivity contribution in [3.63, 3.8) is 0 Å². The average Bonchev–Trinajstić information content (AvgIpc) is 2.94. The Labute approximate surface area is 168 Å². The van der Waals surface area contributed by atoms with Crippen molar-refractivity contribution in [3.8, 4) is 5.75 Å². The van der Waals surface area contributed by atoms with E-state index in [-0.39, 0.29) is 19.1 Å². The highest BCUT2D eigenvalue weighted by Crippen LogP contribution is 2.31. The van der Waals surface area contributed by atoms with E-state index in [9.17, 15) is 15.0 Å². The number of hydrogen-bond acceptors (Lipinski definition) is 5. The van der Waals surface area contributed by atoms with Gasteiger partial charge in [0.1, 0.15) is 18.0 Å². The molecule has 0 spiro atoms. The van der Waals surface area contributed by atoms with Crippen molar-refractivity contribution >= 4 is 5.91 Å². The minimum atomic E-state index is -1.19. The molecule has 1 unspecified atom stereocenters. The Hall–Kier alpha value is -1.63. The first-order valence-corrected chi connectivity index (χ1v) is 10.3. The van der Waals surface area contributed by atoms with Gasteiger partial charge in [-0.1, -0.05) is 18.9 Å². The van der Waals surface area contributed by atoms with Crippen LogP contribution in [0.15, 0.2) is 18.2 Å². The molecule has 0 bridgehead atoms. The van der Waals surface area contributed by atoms with Gasteiger partial charge < -0.3 is 19.8 Å². The van der Waals surface area contributed by atoms with Crippen molar-refractivity contribution in [1.29, 1.82) is 0 Å². The largest absolute Gasteiger partial charge is 0.490 e. The van der Waals surface area contributed by atoms with Gasteiger partial charge in [0.25, 0.3) is 0 Å². The smallest absolute Gasteiger partial charge is 0.219 e. The van der Waals surface area contributed by atoms with Gasteiger partial charge in [0, 0.05) is 33.1 Å². The molecule has 3 rings (SSSR count). The van der Waals surface area contributed by atoms with Gasteiger partial charge in [-0.2, -0.15) is 0 Å². The lowest BCUT2D eigenvalue weighted by molar-refractivity contribution is -0.132. The number of hydrogen-bond donors (Lipinski definition) is 2. The van der Waals surface area contributed by atoms with Crippen LogP contribution in [-0.4, -0.2) is 76.5 Å². The van der Waals surface area contributed by atoms with E-state index in [0.29, 0.717) is 26.2 Å². The molecule has 1 aromatic carbocycles. The standard InChI is InChI=1S/C22H34N2O4/c1-17-10-18(2)12-20(11-17)28-16-22(27)14-23(8-9-24(15-22)19(3)25)13-21(26)6-4-5-7-21/h10-12,26-27H,4-9,13-16H2,1-3H3. The van der Waals surface area contributed by atoms with Crippen LogP contribution >= 0.6 is 0 Å². The van der Waals surface area contributed by atoms with E-state index in [1.165, 1.54) is 6.92 Å². The molecular formula is C22H34N2O4. The summed E-state index contributed by atoms with van der Waals surface area (Å²) in [5.74, 6) is 0.678. The van der Waals surface area contributed by atoms with Crippen molar-refractivity contribution in [2.24, 2.45) is 0 Å². The fraction of sp³-hybridized carbons (Fsp3) is 0.682. The molecule has 156 valence electrons. The van der Waals surface area contributed by atoms with Gasteiger partial charge in [0.15, 0.2) is 0 Å². The van der Waals surface area contributed by atoms with Gasteiger partial charge in [-0.05, 0) is 49.9 Å². The van der Waals surface area contributed by atoms with Crippen LogP contribution in [0.3, 0.4) is 0 Å². The van der Waals surface area contributed by atoms with Crippen LogP contribution in [0.4, 0.5) is 0 Å². The molecule has 6 nitrogen and oxygen atoms in total. The lowest BCUT2D eigenvalue weighted by Gasteiger charge is -2.35. The number of carbonyl (C=O) groups excluding carboxylic acids is 1. The van der Waals surface area contributed by atoms with E-state index < -0.39 is 11.2 Å². The first-order valence-electron chi connectivity index (χ1n) is 10.3. The second-order valence-corrected chi connectivity index (χ2v) is 8.92. The van der Waals surface area contributed by atoms with Crippen LogP contribution < -0.4 is 4.74 Å². The maximum Gasteiger partial charge on any atom is 0.219 e. The SMILES string of the molecule is CC(=O)N1CCN(CC2(O)CCCC2)CC(O)(COc2cc(C)cc(C)c2)C1. The fourth-order valence-corrected chi connectivity index (χ4v) is 4.58. The van der Waals surface area contributed by atoms with Gasteiger partial charge in [0.2, 0.25) is 5.91 Å². The fourth-order valence-electron chi connectivity index (χ4n) is 4.58. The number of amides is 1. The minimum absolute atomic E-state index is 0.0498. The number of nitrogens with zero attached hydrogens (tertiary/aromatic N) is 2. The maximum absolute atomic E-state index is 12.0. The third-order valence-corrected chi connectivity index (χ3v) is 5.89. The van der Waals surface area contributed by atoms with Crippen LogP contribution in [-0.2, 0) is 4.79 Å². The van der Waals surface area contributed by atoms with E-state index in [1.54, 1.807) is 4.90 Å². The summed E-state index contributed by atoms with van der Waals surface area (Å²) in [6.45, 7) is 8.02. The monoisotopic (exact) mass is 390 g/mol. The highest BCUT2D eigenvalue weighted by atomic mass is 16.5. The van der Waals surface area contributed by atoms with Gasteiger partial charge in [-0.3, -0.25) is 9.69 Å². The Bertz CT molecular complexity index is 682. The van der Waals surface area contributed by atoms with Gasteiger partial charge in [-0.25, -0.2) is 0 Å². The Morgan fingerprint density at radius 3 is 2.29 bits per heavy atom. The minimum Gasteiger partial charge on any atom is -0.490 e. The Morgan fingerprint density at radius 1 is 1.04 bits per heavy atom. The number of aliphatic hydroxyl groups is 2. The van der Waals surface area contributed by atoms with Crippen molar-refractivity contribution < 1.29 is 19.7 Å². The summed E-state index contributed by atoms with van der Waals surface area (Å²) in [6, 6.07) is 5.98. The average molecular weight is 391 g/mol. The summed E-state index contributed by atoms with van der Waals surface area (Å²) in [5, 5.41) is 22.2. The third-order valence-electron chi connectivity index (χ3n) is 5.89. The van der Waals surface area contributed by atoms with Crippen LogP contribution in [0, 0.1) is 13.8 Å². The summed E-state index contributed by atoms with van der Waals surface area (Å²) in [6.07, 6.45) is 3.70. The predicted octanol–water partition coefficient (Wildman–Crippen LogP) is 1.88. The number of carbonyl (C=O) groups is 1. The molecular weight excluding hydrogens is 356 g/mol. The van der Waals surface area contributed by atoms with E-state index in [2.05, 4.69) is 11.0 Å². The molecule has 0 aromatic heterocycles. The zero-order valence-corrected chi connectivity index (χ0v) is 17.4. The van der Waals surface area contributed by atoms with Crippen LogP contribution in [0.2, 0.25) is 0 Å². The van der Waals surface area contributed by atoms with E-state index in [0.717, 1.165) is 42.6 Å². The van der Waals surface area contributed by atoms with Crippen molar-refractivity contribution in [1.82, 2.24) is 9.80 Å². The molecule has 2 N–H and O–H groups in total. The summed E-state index contributed by atoms with van der Waals surface area (Å²) in [5.41, 5.74) is 0.354. The molecule has 6 heteroatoms. The second kappa shape index (κ2) is 8.39. The molecule has 1 aliphatic carbocycles. The highest BCUT2D eigenvalue weighted by molar-refractivity contribution is 5.73. The molecule has 1 aliphatic heterocycles. The number of β-amino-alcohol motifs (C(OH)–C–C–N with tert-alkyl or cyclic N) is 2. The third kappa shape index (κ3) is 5.46. The summed E-state index contributed by atoms with van der Waals surface area (Å²) >= 11 is 0. The molecule has 1 aromatic rings. The van der Waals surface area contributed by atoms with Crippen molar-refractivity contribution in [2.75, 3.05) is 39.3 Å². The number of ether oxygens (including phenoxy) is 1. The summed E-state index contributed by atoms with van der Waals surface area (Å²) < 4.78 is 5.96. The Balaban J connectivity index is 1.72. The maximum atomic E-state index is 12.0. The Kier molecular flexibility index (Phi) is 6.32. The lowest BCUT2D eigenvalue weighted by Crippen LogP contribution is -2.53. The van der Waals surface area contributed by atoms with Crippen LogP contribution in [0.25, 0.3) is 0 Å². The predicted molar refractivity (Wildman–Crippen MR) is 108 cm³/mol. The van der Waals surface area contributed by atoms with Crippen LogP contribution in [0.1, 0.15) is 43.7 Å². The molecule has 1 heterocycles. The molecule has 1 saturated heterocycles. The quantitative estimate of drug-likeness (QED) is 0.803. The zero-order chi connectivity index (χ0) is 20.4. The number of rotatable bonds is 5. The zero-order valence-electron chi connectivity index (χ0n) is 17.4. The van der Waals surface area contributed by atoms with Crippen molar-refractivity contribution in [3.05, 3.63) is 29.3 Å². The van der Waals surface area contributed by atoms with E-state index in [4.69, 9.17) is 4.74 Å². The number of aryl methyl sites for hydroxylation is 2. The van der Waals surface area contributed by atoms with E-state index >= 15 is 0 Å². The van der Waals surface area contributed by atoms with Crippen molar-refractivity contribution in [2.45, 2.75) is 57.7 Å². The van der Waals surface area contributed by atoms with Gasteiger partial charge in [0.05, 0.1) is 12.1 Å². The molecule has 1 amide bonds. The molecule has 2 aliphatic rings. The number of benzene rings is 1. The Morgan fingerprint density at radius 2 is 1.68 bits per heavy atom. The molecule has 1 saturated carbocycles. The molecule has 1 atom stereocenters. The summed E-state index contributed by atoms with van der Waals surface area (Å²) in [4.78, 5) is 15.8. The van der Waals surface area contributed by atoms with E-state index in [1.807, 2.05) is 26.0 Å². The normalized spacial score (nSPS) is 25.5. The highest BCUT2D eigenvalue weighted by Gasteiger charge is 2.40. The van der Waals surface area contributed by atoms with Gasteiger partial charge >= 0.3 is 0 Å². The topological polar surface area (TPSA) is 73.2 Å². The first-order chi connectivity index (χ1) is 13.2. The molecule has 2 fully saturated rings. The summed E-state index contributed by atoms with van der Waals surface area (Å²) in [7, 11) is 0. The second-order valence-electron chi connectivity index (χ2n) is 8.92.